The topological polar surface area (TPSA) is 0 Å². The average molecular weight is 965 g/mol. The minimum Gasteiger partial charge on any atom is -0.172 e. The van der Waals surface area contributed by atoms with Crippen LogP contribution in [0.3, 0.4) is 0 Å². The van der Waals surface area contributed by atoms with Crippen molar-refractivity contribution >= 4 is 114 Å². The average Bonchev–Trinajstić information content (AvgIpc) is 3.34. The number of halogens is 3. The molecule has 0 fully saturated rings. The summed E-state index contributed by atoms with van der Waals surface area (Å²) < 4.78 is 3.78. The van der Waals surface area contributed by atoms with Gasteiger partial charge in [-0.3, -0.25) is 0 Å². The predicted octanol–water partition coefficient (Wildman–Crippen LogP) is 13.4. The maximum atomic E-state index is 2.42. The molecule has 6 aromatic carbocycles. The molecule has 6 aromatic rings. The maximum absolute atomic E-state index is 2.42. The molecule has 0 N–H and O–H groups in total. The summed E-state index contributed by atoms with van der Waals surface area (Å²) in [5.74, 6) is 0. The van der Waals surface area contributed by atoms with Crippen molar-refractivity contribution in [1.82, 2.24) is 0 Å². The van der Waals surface area contributed by atoms with Gasteiger partial charge in [0.1, 0.15) is 0 Å². The zero-order chi connectivity index (χ0) is 29.3. The zero-order valence-electron chi connectivity index (χ0n) is 22.5. The van der Waals surface area contributed by atoms with Crippen LogP contribution in [-0.4, -0.2) is 0 Å². The van der Waals surface area contributed by atoms with E-state index >= 15 is 0 Å². The summed E-state index contributed by atoms with van der Waals surface area (Å²) >= 11 is 12.6. The molecule has 0 aromatic heterocycles. The van der Waals surface area contributed by atoms with E-state index in [-0.39, 0.29) is 0 Å². The summed E-state index contributed by atoms with van der Waals surface area (Å²) in [6, 6.07) is 49.8. The molecule has 0 nitrogen and oxygen atoms in total. The van der Waals surface area contributed by atoms with Crippen molar-refractivity contribution in [2.45, 2.75) is 44.1 Å². The third-order valence-electron chi connectivity index (χ3n) is 6.95. The minimum absolute atomic E-state index is 0.631. The van der Waals surface area contributed by atoms with Gasteiger partial charge in [-0.25, -0.2) is 0 Å². The van der Waals surface area contributed by atoms with E-state index in [0.29, 0.717) is 0 Å². The van der Waals surface area contributed by atoms with Gasteiger partial charge >= 0.3 is 0 Å². The molecule has 0 atom stereocenters. The summed E-state index contributed by atoms with van der Waals surface area (Å²) in [5, 5.41) is 0. The highest BCUT2D eigenvalue weighted by Gasteiger charge is 2.28. The molecule has 7 rings (SSSR count). The standard InChI is InChI=1S/C36H23I3S4/c37-23-1-7-26(8-2-23)40-29-13-17-32(18-14-29)43-35-19-15-30(41-27-9-3-24(38)4-10-27)21-33(35)34-22-31(16-20-36(34)43)42-28-11-5-25(39)6-12-28/h1-22,43H. The number of hydrogen-bond donors (Lipinski definition) is 1. The molecule has 1 aliphatic heterocycles. The van der Waals surface area contributed by atoms with Crippen LogP contribution < -0.4 is 0 Å². The van der Waals surface area contributed by atoms with Gasteiger partial charge in [0.05, 0.1) is 0 Å². The molecule has 43 heavy (non-hydrogen) atoms. The van der Waals surface area contributed by atoms with E-state index in [0.717, 1.165) is 0 Å². The highest BCUT2D eigenvalue weighted by molar-refractivity contribution is 14.1. The van der Waals surface area contributed by atoms with E-state index in [2.05, 4.69) is 201 Å². The van der Waals surface area contributed by atoms with Crippen molar-refractivity contribution in [3.8, 4) is 11.1 Å². The van der Waals surface area contributed by atoms with Crippen LogP contribution in [0.25, 0.3) is 11.1 Å². The van der Waals surface area contributed by atoms with Gasteiger partial charge in [-0.05, 0) is 217 Å². The van der Waals surface area contributed by atoms with E-state index in [1.807, 2.05) is 35.3 Å². The summed E-state index contributed by atoms with van der Waals surface area (Å²) in [4.78, 5) is 11.9. The smallest absolute Gasteiger partial charge is 0.0131 e. The lowest BCUT2D eigenvalue weighted by Crippen LogP contribution is -1.84. The van der Waals surface area contributed by atoms with Gasteiger partial charge in [0.25, 0.3) is 0 Å². The fourth-order valence-corrected chi connectivity index (χ4v) is 11.1. The quantitative estimate of drug-likeness (QED) is 0.125. The van der Waals surface area contributed by atoms with Gasteiger partial charge in [-0.2, -0.15) is 10.9 Å². The Hall–Kier alpha value is -1.09. The van der Waals surface area contributed by atoms with E-state index in [1.165, 1.54) is 65.9 Å². The zero-order valence-corrected chi connectivity index (χ0v) is 32.3. The fraction of sp³-hybridized carbons (Fsp3) is 0. The number of rotatable bonds is 7. The van der Waals surface area contributed by atoms with Crippen molar-refractivity contribution in [3.05, 3.63) is 144 Å². The molecule has 7 heteroatoms. The van der Waals surface area contributed by atoms with E-state index < -0.39 is 10.9 Å². The van der Waals surface area contributed by atoms with Crippen LogP contribution in [0.15, 0.2) is 178 Å². The molecular formula is C36H23I3S4. The Morgan fingerprint density at radius 3 is 1.02 bits per heavy atom. The molecular weight excluding hydrogens is 941 g/mol. The van der Waals surface area contributed by atoms with Crippen molar-refractivity contribution in [2.24, 2.45) is 0 Å². The van der Waals surface area contributed by atoms with Crippen molar-refractivity contribution in [2.75, 3.05) is 0 Å². The molecule has 0 radical (unpaired) electrons. The second kappa shape index (κ2) is 13.7. The van der Waals surface area contributed by atoms with Crippen molar-refractivity contribution < 1.29 is 0 Å². The predicted molar refractivity (Wildman–Crippen MR) is 212 cm³/mol. The minimum atomic E-state index is -0.631. The third kappa shape index (κ3) is 7.18. The molecule has 0 aliphatic carbocycles. The molecule has 1 heterocycles. The molecule has 0 unspecified atom stereocenters. The Morgan fingerprint density at radius 2 is 0.651 bits per heavy atom. The third-order valence-corrected chi connectivity index (χ3v) is 14.7. The summed E-state index contributed by atoms with van der Waals surface area (Å²) in [6.45, 7) is 0. The second-order valence-corrected chi connectivity index (χ2v) is 19.2. The Bertz CT molecular complexity index is 1810. The number of thiol groups is 1. The van der Waals surface area contributed by atoms with Crippen LogP contribution in [0.5, 0.6) is 0 Å². The van der Waals surface area contributed by atoms with Crippen LogP contribution in [0, 0.1) is 10.7 Å². The molecule has 0 saturated heterocycles. The van der Waals surface area contributed by atoms with Gasteiger partial charge < -0.3 is 0 Å². The van der Waals surface area contributed by atoms with E-state index in [1.54, 1.807) is 0 Å². The molecule has 0 amide bonds. The van der Waals surface area contributed by atoms with Gasteiger partial charge in [0.2, 0.25) is 0 Å². The van der Waals surface area contributed by atoms with Crippen molar-refractivity contribution in [1.29, 1.82) is 0 Å². The molecule has 0 saturated carbocycles. The monoisotopic (exact) mass is 964 g/mol. The van der Waals surface area contributed by atoms with Crippen molar-refractivity contribution in [3.63, 3.8) is 0 Å². The second-order valence-electron chi connectivity index (χ2n) is 9.86. The van der Waals surface area contributed by atoms with Crippen LogP contribution in [0.4, 0.5) is 0 Å². The number of hydrogen-bond acceptors (Lipinski definition) is 3. The first-order valence-corrected chi connectivity index (χ1v) is 20.5. The number of fused-ring (bicyclic) bond motifs is 3. The van der Waals surface area contributed by atoms with Crippen LogP contribution in [0.1, 0.15) is 0 Å². The van der Waals surface area contributed by atoms with E-state index in [4.69, 9.17) is 0 Å². The van der Waals surface area contributed by atoms with Crippen LogP contribution in [-0.2, 0) is 0 Å². The fourth-order valence-electron chi connectivity index (χ4n) is 4.97. The lowest BCUT2D eigenvalue weighted by molar-refractivity contribution is 1.31. The number of benzene rings is 6. The lowest BCUT2D eigenvalue weighted by Gasteiger charge is -2.20. The SMILES string of the molecule is Ic1ccc(Sc2ccc([SH]3c4ccc(Sc5ccc(I)cc5)cc4-c4cc(Sc5ccc(I)cc5)ccc43)cc2)cc1. The summed E-state index contributed by atoms with van der Waals surface area (Å²) in [7, 11) is -0.631. The normalized spacial score (nSPS) is 12.7. The van der Waals surface area contributed by atoms with E-state index in [9.17, 15) is 0 Å². The molecule has 0 bridgehead atoms. The van der Waals surface area contributed by atoms with Crippen LogP contribution >= 0.6 is 114 Å². The Labute approximate surface area is 309 Å². The van der Waals surface area contributed by atoms with Crippen LogP contribution in [0.2, 0.25) is 0 Å². The Morgan fingerprint density at radius 1 is 0.349 bits per heavy atom. The highest BCUT2D eigenvalue weighted by Crippen LogP contribution is 2.63. The van der Waals surface area contributed by atoms with Gasteiger partial charge in [0.15, 0.2) is 0 Å². The molecule has 1 aliphatic rings. The molecule has 0 spiro atoms. The summed E-state index contributed by atoms with van der Waals surface area (Å²) in [5.41, 5.74) is 2.75. The Balaban J connectivity index is 1.24. The van der Waals surface area contributed by atoms with Gasteiger partial charge in [0, 0.05) is 49.9 Å². The summed E-state index contributed by atoms with van der Waals surface area (Å²) in [6.07, 6.45) is 0. The molecule has 212 valence electrons. The lowest BCUT2D eigenvalue weighted by atomic mass is 10.1. The Kier molecular flexibility index (Phi) is 9.75. The highest BCUT2D eigenvalue weighted by atomic mass is 127. The van der Waals surface area contributed by atoms with Gasteiger partial charge in [-0.15, -0.1) is 0 Å². The largest absolute Gasteiger partial charge is 0.172 e. The first-order chi connectivity index (χ1) is 21.0. The first-order valence-electron chi connectivity index (χ1n) is 13.5. The first kappa shape index (κ1) is 30.6. The maximum Gasteiger partial charge on any atom is 0.0131 e. The van der Waals surface area contributed by atoms with Gasteiger partial charge in [-0.1, -0.05) is 35.3 Å².